The van der Waals surface area contributed by atoms with Gasteiger partial charge in [0.25, 0.3) is 6.43 Å². The Bertz CT molecular complexity index is 1200. The zero-order valence-corrected chi connectivity index (χ0v) is 20.3. The average Bonchev–Trinajstić information content (AvgIpc) is 3.30. The van der Waals surface area contributed by atoms with Gasteiger partial charge in [-0.15, -0.1) is 0 Å². The van der Waals surface area contributed by atoms with Gasteiger partial charge >= 0.3 is 0 Å². The summed E-state index contributed by atoms with van der Waals surface area (Å²) >= 11 is 0. The summed E-state index contributed by atoms with van der Waals surface area (Å²) in [7, 11) is 0. The zero-order chi connectivity index (χ0) is 25.1. The third-order valence-electron chi connectivity index (χ3n) is 6.79. The number of rotatable bonds is 7. The van der Waals surface area contributed by atoms with Gasteiger partial charge in [-0.2, -0.15) is 9.97 Å². The Morgan fingerprint density at radius 2 is 1.75 bits per heavy atom. The maximum atomic E-state index is 14.0. The average molecular weight is 500 g/mol. The highest BCUT2D eigenvalue weighted by atomic mass is 19.3. The van der Waals surface area contributed by atoms with E-state index in [4.69, 9.17) is 9.72 Å². The highest BCUT2D eigenvalue weighted by molar-refractivity contribution is 5.78. The molecule has 192 valence electrons. The van der Waals surface area contributed by atoms with Crippen molar-refractivity contribution in [2.45, 2.75) is 57.5 Å². The van der Waals surface area contributed by atoms with Gasteiger partial charge in [0.15, 0.2) is 5.82 Å². The Morgan fingerprint density at radius 1 is 1.06 bits per heavy atom. The van der Waals surface area contributed by atoms with Crippen LogP contribution in [-0.2, 0) is 9.53 Å². The monoisotopic (exact) mass is 499 g/mol. The van der Waals surface area contributed by atoms with E-state index in [2.05, 4.69) is 25.5 Å². The second kappa shape index (κ2) is 10.7. The third-order valence-corrected chi connectivity index (χ3v) is 6.79. The fraction of sp³-hybridized carbons (Fsp3) is 0.520. The van der Waals surface area contributed by atoms with E-state index in [1.165, 1.54) is 4.57 Å². The lowest BCUT2D eigenvalue weighted by atomic mass is 9.91. The molecule has 2 aromatic heterocycles. The molecule has 0 radical (unpaired) electrons. The van der Waals surface area contributed by atoms with Crippen molar-refractivity contribution in [3.8, 4) is 5.82 Å². The van der Waals surface area contributed by atoms with Gasteiger partial charge in [-0.1, -0.05) is 19.1 Å². The number of nitrogens with zero attached hydrogens (tertiary/aromatic N) is 5. The van der Waals surface area contributed by atoms with Crippen LogP contribution in [0.2, 0.25) is 0 Å². The summed E-state index contributed by atoms with van der Waals surface area (Å²) in [6, 6.07) is 9.11. The number of carbonyl (C=O) groups excluding carboxylic acids is 1. The van der Waals surface area contributed by atoms with Crippen LogP contribution in [0.15, 0.2) is 30.3 Å². The molecule has 1 amide bonds. The van der Waals surface area contributed by atoms with E-state index in [9.17, 15) is 13.6 Å². The molecule has 5 rings (SSSR count). The lowest BCUT2D eigenvalue weighted by Crippen LogP contribution is -2.40. The van der Waals surface area contributed by atoms with Crippen molar-refractivity contribution < 1.29 is 18.3 Å². The molecule has 2 aliphatic rings. The molecule has 3 aromatic rings. The number of carbonyl (C=O) groups is 1. The molecule has 0 unspecified atom stereocenters. The minimum Gasteiger partial charge on any atom is -0.378 e. The lowest BCUT2D eigenvalue weighted by Gasteiger charge is -2.31. The molecule has 1 aliphatic carbocycles. The van der Waals surface area contributed by atoms with E-state index >= 15 is 0 Å². The number of ether oxygens (including phenoxy) is 1. The quantitative estimate of drug-likeness (QED) is 0.510. The van der Waals surface area contributed by atoms with Crippen molar-refractivity contribution in [3.05, 3.63) is 36.2 Å². The number of imidazole rings is 1. The summed E-state index contributed by atoms with van der Waals surface area (Å²) in [6.07, 6.45) is 1.15. The molecular weight excluding hydrogens is 468 g/mol. The number of fused-ring (bicyclic) bond motifs is 1. The molecule has 1 saturated heterocycles. The Labute approximate surface area is 208 Å². The number of halogens is 2. The Kier molecular flexibility index (Phi) is 7.26. The molecular formula is C25H31F2N7O2. The first kappa shape index (κ1) is 24.4. The highest BCUT2D eigenvalue weighted by Gasteiger charge is 2.26. The fourth-order valence-corrected chi connectivity index (χ4v) is 4.88. The first-order chi connectivity index (χ1) is 17.5. The third kappa shape index (κ3) is 5.25. The van der Waals surface area contributed by atoms with Crippen LogP contribution >= 0.6 is 0 Å². The summed E-state index contributed by atoms with van der Waals surface area (Å²) < 4.78 is 35.0. The molecule has 3 heterocycles. The summed E-state index contributed by atoms with van der Waals surface area (Å²) in [5.74, 6) is 1.13. The van der Waals surface area contributed by atoms with Gasteiger partial charge in [0.05, 0.1) is 24.2 Å². The maximum absolute atomic E-state index is 14.0. The van der Waals surface area contributed by atoms with E-state index in [0.29, 0.717) is 61.3 Å². The SMILES string of the molecule is CCC(=O)N[C@H]1CC[C@H](Nc2nc(N3CCOCC3)cc(-n3c(C(F)F)nc4ccccc43)n2)CC1. The molecule has 0 spiro atoms. The number of hydrogen-bond donors (Lipinski definition) is 2. The lowest BCUT2D eigenvalue weighted by molar-refractivity contribution is -0.121. The number of morpholine rings is 1. The Balaban J connectivity index is 1.46. The first-order valence-electron chi connectivity index (χ1n) is 12.6. The number of nitrogens with one attached hydrogen (secondary N) is 2. The summed E-state index contributed by atoms with van der Waals surface area (Å²) in [6.45, 7) is 4.31. The van der Waals surface area contributed by atoms with E-state index in [0.717, 1.165) is 25.7 Å². The van der Waals surface area contributed by atoms with Gasteiger partial charge in [0.2, 0.25) is 11.9 Å². The zero-order valence-electron chi connectivity index (χ0n) is 20.3. The number of para-hydroxylation sites is 2. The highest BCUT2D eigenvalue weighted by Crippen LogP contribution is 2.30. The van der Waals surface area contributed by atoms with Gasteiger partial charge in [0, 0.05) is 37.7 Å². The van der Waals surface area contributed by atoms with Gasteiger partial charge in [-0.25, -0.2) is 13.8 Å². The minimum absolute atomic E-state index is 0.0694. The van der Waals surface area contributed by atoms with Crippen LogP contribution in [-0.4, -0.2) is 63.8 Å². The number of hydrogen-bond acceptors (Lipinski definition) is 7. The van der Waals surface area contributed by atoms with Crippen molar-refractivity contribution in [2.24, 2.45) is 0 Å². The molecule has 2 fully saturated rings. The molecule has 1 aromatic carbocycles. The van der Waals surface area contributed by atoms with E-state index < -0.39 is 6.43 Å². The van der Waals surface area contributed by atoms with E-state index in [1.807, 2.05) is 6.92 Å². The number of benzene rings is 1. The fourth-order valence-electron chi connectivity index (χ4n) is 4.88. The summed E-state index contributed by atoms with van der Waals surface area (Å²) in [5, 5.41) is 6.50. The van der Waals surface area contributed by atoms with Crippen LogP contribution < -0.4 is 15.5 Å². The van der Waals surface area contributed by atoms with Crippen molar-refractivity contribution in [2.75, 3.05) is 36.5 Å². The molecule has 1 aliphatic heterocycles. The summed E-state index contributed by atoms with van der Waals surface area (Å²) in [4.78, 5) is 27.4. The second-order valence-electron chi connectivity index (χ2n) is 9.22. The number of alkyl halides is 2. The largest absolute Gasteiger partial charge is 0.378 e. The molecule has 0 atom stereocenters. The van der Waals surface area contributed by atoms with Crippen molar-refractivity contribution in [1.29, 1.82) is 0 Å². The van der Waals surface area contributed by atoms with Crippen LogP contribution in [0.5, 0.6) is 0 Å². The topological polar surface area (TPSA) is 97.2 Å². The first-order valence-corrected chi connectivity index (χ1v) is 12.6. The van der Waals surface area contributed by atoms with Crippen molar-refractivity contribution in [3.63, 3.8) is 0 Å². The van der Waals surface area contributed by atoms with Crippen molar-refractivity contribution >= 4 is 28.7 Å². The second-order valence-corrected chi connectivity index (χ2v) is 9.22. The number of anilines is 2. The van der Waals surface area contributed by atoms with E-state index in [-0.39, 0.29) is 23.8 Å². The summed E-state index contributed by atoms with van der Waals surface area (Å²) in [5.41, 5.74) is 1.05. The minimum atomic E-state index is -2.76. The van der Waals surface area contributed by atoms with Gasteiger partial charge in [0.1, 0.15) is 11.6 Å². The smallest absolute Gasteiger partial charge is 0.296 e. The number of aromatic nitrogens is 4. The standard InChI is InChI=1S/C25H31F2N7O2/c1-2-22(35)28-16-7-9-17(10-8-16)29-25-31-20(33-11-13-36-14-12-33)15-21(32-25)34-19-6-4-3-5-18(19)30-24(34)23(26)27/h3-6,15-17,23H,2,7-14H2,1H3,(H,28,35)(H,29,31,32)/t16-,17-. The maximum Gasteiger partial charge on any atom is 0.296 e. The van der Waals surface area contributed by atoms with Crippen LogP contribution in [0.3, 0.4) is 0 Å². The van der Waals surface area contributed by atoms with Crippen LogP contribution in [0.4, 0.5) is 20.5 Å². The van der Waals surface area contributed by atoms with E-state index in [1.54, 1.807) is 30.3 Å². The van der Waals surface area contributed by atoms with Crippen LogP contribution in [0.1, 0.15) is 51.3 Å². The molecule has 11 heteroatoms. The Hall–Kier alpha value is -3.34. The molecule has 1 saturated carbocycles. The predicted octanol–water partition coefficient (Wildman–Crippen LogP) is 3.84. The number of amides is 1. The van der Waals surface area contributed by atoms with Gasteiger partial charge < -0.3 is 20.3 Å². The van der Waals surface area contributed by atoms with Gasteiger partial charge in [-0.05, 0) is 37.8 Å². The van der Waals surface area contributed by atoms with Gasteiger partial charge in [-0.3, -0.25) is 9.36 Å². The normalized spacial score (nSPS) is 20.6. The van der Waals surface area contributed by atoms with Crippen molar-refractivity contribution in [1.82, 2.24) is 24.8 Å². The van der Waals surface area contributed by atoms with Crippen LogP contribution in [0, 0.1) is 0 Å². The Morgan fingerprint density at radius 3 is 2.47 bits per heavy atom. The van der Waals surface area contributed by atoms with Crippen LogP contribution in [0.25, 0.3) is 16.9 Å². The molecule has 36 heavy (non-hydrogen) atoms. The molecule has 2 N–H and O–H groups in total. The molecule has 0 bridgehead atoms. The predicted molar refractivity (Wildman–Crippen MR) is 133 cm³/mol. The molecule has 9 nitrogen and oxygen atoms in total.